The summed E-state index contributed by atoms with van der Waals surface area (Å²) in [5, 5.41) is 13.1. The van der Waals surface area contributed by atoms with Crippen LogP contribution in [0.2, 0.25) is 0 Å². The number of ketones is 1. The number of fused-ring (bicyclic) bond motifs is 1. The van der Waals surface area contributed by atoms with E-state index in [-0.39, 0.29) is 11.3 Å². The second kappa shape index (κ2) is 9.08. The van der Waals surface area contributed by atoms with Crippen LogP contribution in [0.3, 0.4) is 0 Å². The number of nitrogens with zero attached hydrogens (tertiary/aromatic N) is 2. The molecular weight excluding hydrogens is 416 g/mol. The Morgan fingerprint density at radius 2 is 1.67 bits per heavy atom. The minimum absolute atomic E-state index is 0.121. The summed E-state index contributed by atoms with van der Waals surface area (Å²) in [5.41, 5.74) is 2.49. The van der Waals surface area contributed by atoms with Crippen molar-refractivity contribution in [2.45, 2.75) is 13.0 Å². The zero-order valence-corrected chi connectivity index (χ0v) is 19.3. The number of aliphatic hydroxyl groups is 1. The molecule has 0 aromatic heterocycles. The van der Waals surface area contributed by atoms with E-state index in [9.17, 15) is 14.7 Å². The molecule has 170 valence electrons. The Labute approximate surface area is 193 Å². The first-order chi connectivity index (χ1) is 15.8. The van der Waals surface area contributed by atoms with E-state index < -0.39 is 17.7 Å². The van der Waals surface area contributed by atoms with Gasteiger partial charge in [0.05, 0.1) is 18.7 Å². The number of carbonyl (C=O) groups is 2. The lowest BCUT2D eigenvalue weighted by Gasteiger charge is -2.26. The van der Waals surface area contributed by atoms with E-state index in [1.165, 1.54) is 0 Å². The van der Waals surface area contributed by atoms with Gasteiger partial charge in [0.2, 0.25) is 0 Å². The highest BCUT2D eigenvalue weighted by atomic mass is 16.5. The number of Topliss-reactive ketones (excluding diaryl/α,β-unsaturated/α-hetero) is 1. The molecule has 0 radical (unpaired) electrons. The topological polar surface area (TPSA) is 70.1 Å². The SMILES string of the molecule is COc1ccc2cc(/C(O)=C3\C(=O)C(=O)N(CCN(C)C)C3c3ccc(C)cc3)ccc2c1. The predicted molar refractivity (Wildman–Crippen MR) is 129 cm³/mol. The monoisotopic (exact) mass is 444 g/mol. The van der Waals surface area contributed by atoms with Gasteiger partial charge in [-0.05, 0) is 55.6 Å². The van der Waals surface area contributed by atoms with Crippen molar-refractivity contribution in [1.82, 2.24) is 9.80 Å². The van der Waals surface area contributed by atoms with Gasteiger partial charge in [0.1, 0.15) is 11.5 Å². The fourth-order valence-electron chi connectivity index (χ4n) is 4.17. The Morgan fingerprint density at radius 1 is 1.00 bits per heavy atom. The summed E-state index contributed by atoms with van der Waals surface area (Å²) in [6.07, 6.45) is 0. The quantitative estimate of drug-likeness (QED) is 0.352. The van der Waals surface area contributed by atoms with E-state index >= 15 is 0 Å². The van der Waals surface area contributed by atoms with Gasteiger partial charge in [0, 0.05) is 18.7 Å². The van der Waals surface area contributed by atoms with Gasteiger partial charge in [-0.15, -0.1) is 0 Å². The molecule has 1 fully saturated rings. The number of hydrogen-bond donors (Lipinski definition) is 1. The van der Waals surface area contributed by atoms with Crippen molar-refractivity contribution in [3.63, 3.8) is 0 Å². The zero-order valence-electron chi connectivity index (χ0n) is 19.3. The second-order valence-corrected chi connectivity index (χ2v) is 8.63. The van der Waals surface area contributed by atoms with Crippen LogP contribution in [0.15, 0.2) is 66.2 Å². The molecule has 1 atom stereocenters. The van der Waals surface area contributed by atoms with Crippen molar-refractivity contribution in [3.8, 4) is 5.75 Å². The third-order valence-electron chi connectivity index (χ3n) is 6.04. The van der Waals surface area contributed by atoms with Crippen LogP contribution in [-0.2, 0) is 9.59 Å². The molecule has 6 heteroatoms. The molecule has 1 amide bonds. The number of benzene rings is 3. The fourth-order valence-corrected chi connectivity index (χ4v) is 4.17. The number of aryl methyl sites for hydroxylation is 1. The minimum Gasteiger partial charge on any atom is -0.507 e. The van der Waals surface area contributed by atoms with Crippen molar-refractivity contribution in [2.75, 3.05) is 34.3 Å². The Balaban J connectivity index is 1.84. The van der Waals surface area contributed by atoms with Crippen molar-refractivity contribution < 1.29 is 19.4 Å². The molecule has 33 heavy (non-hydrogen) atoms. The van der Waals surface area contributed by atoms with E-state index in [1.54, 1.807) is 18.1 Å². The van der Waals surface area contributed by atoms with Crippen molar-refractivity contribution >= 4 is 28.2 Å². The maximum Gasteiger partial charge on any atom is 0.295 e. The van der Waals surface area contributed by atoms with Gasteiger partial charge >= 0.3 is 0 Å². The van der Waals surface area contributed by atoms with E-state index in [0.29, 0.717) is 18.7 Å². The summed E-state index contributed by atoms with van der Waals surface area (Å²) in [6.45, 7) is 2.97. The number of likely N-dealkylation sites (tertiary alicyclic amines) is 1. The first-order valence-corrected chi connectivity index (χ1v) is 10.9. The summed E-state index contributed by atoms with van der Waals surface area (Å²) in [6, 6.07) is 18.2. The predicted octanol–water partition coefficient (Wildman–Crippen LogP) is 4.14. The average Bonchev–Trinajstić information content (AvgIpc) is 3.06. The number of rotatable bonds is 6. The van der Waals surface area contributed by atoms with Crippen LogP contribution in [0.25, 0.3) is 16.5 Å². The van der Waals surface area contributed by atoms with Gasteiger partial charge in [-0.1, -0.05) is 48.0 Å². The van der Waals surface area contributed by atoms with Crippen molar-refractivity contribution in [1.29, 1.82) is 0 Å². The lowest BCUT2D eigenvalue weighted by atomic mass is 9.94. The molecule has 3 aromatic carbocycles. The highest BCUT2D eigenvalue weighted by molar-refractivity contribution is 6.46. The van der Waals surface area contributed by atoms with Crippen LogP contribution in [-0.4, -0.2) is 60.9 Å². The van der Waals surface area contributed by atoms with Crippen LogP contribution in [0, 0.1) is 6.92 Å². The number of methoxy groups -OCH3 is 1. The lowest BCUT2D eigenvalue weighted by molar-refractivity contribution is -0.140. The second-order valence-electron chi connectivity index (χ2n) is 8.63. The molecule has 0 saturated carbocycles. The number of hydrogen-bond acceptors (Lipinski definition) is 5. The van der Waals surface area contributed by atoms with E-state index in [2.05, 4.69) is 0 Å². The van der Waals surface area contributed by atoms with E-state index in [4.69, 9.17) is 4.74 Å². The van der Waals surface area contributed by atoms with Gasteiger partial charge < -0.3 is 19.6 Å². The van der Waals surface area contributed by atoms with Crippen molar-refractivity contribution in [2.24, 2.45) is 0 Å². The summed E-state index contributed by atoms with van der Waals surface area (Å²) >= 11 is 0. The smallest absolute Gasteiger partial charge is 0.295 e. The molecule has 6 nitrogen and oxygen atoms in total. The lowest BCUT2D eigenvalue weighted by Crippen LogP contribution is -2.35. The summed E-state index contributed by atoms with van der Waals surface area (Å²) in [4.78, 5) is 29.7. The first kappa shape index (κ1) is 22.6. The van der Waals surface area contributed by atoms with Gasteiger partial charge in [0.25, 0.3) is 11.7 Å². The average molecular weight is 445 g/mol. The number of likely N-dealkylation sites (N-methyl/N-ethyl adjacent to an activating group) is 1. The number of amides is 1. The molecule has 4 rings (SSSR count). The Kier molecular flexibility index (Phi) is 6.20. The zero-order chi connectivity index (χ0) is 23.7. The molecule has 0 aliphatic carbocycles. The third kappa shape index (κ3) is 4.34. The Hall–Kier alpha value is -3.64. The van der Waals surface area contributed by atoms with Gasteiger partial charge in [-0.2, -0.15) is 0 Å². The number of ether oxygens (including phenoxy) is 1. The number of carbonyl (C=O) groups excluding carboxylic acids is 2. The van der Waals surface area contributed by atoms with E-state index in [1.807, 2.05) is 80.5 Å². The molecule has 1 heterocycles. The van der Waals surface area contributed by atoms with Gasteiger partial charge in [-0.3, -0.25) is 9.59 Å². The van der Waals surface area contributed by atoms with Crippen LogP contribution in [0.5, 0.6) is 5.75 Å². The van der Waals surface area contributed by atoms with Crippen LogP contribution < -0.4 is 4.74 Å². The molecule has 0 spiro atoms. The summed E-state index contributed by atoms with van der Waals surface area (Å²) in [7, 11) is 5.45. The van der Waals surface area contributed by atoms with Crippen LogP contribution >= 0.6 is 0 Å². The molecule has 1 saturated heterocycles. The maximum absolute atomic E-state index is 13.1. The third-order valence-corrected chi connectivity index (χ3v) is 6.04. The van der Waals surface area contributed by atoms with Crippen LogP contribution in [0.1, 0.15) is 22.7 Å². The highest BCUT2D eigenvalue weighted by Crippen LogP contribution is 2.39. The highest BCUT2D eigenvalue weighted by Gasteiger charge is 2.45. The normalized spacial score (nSPS) is 17.8. The Bertz CT molecular complexity index is 1240. The fraction of sp³-hybridized carbons (Fsp3) is 0.259. The largest absolute Gasteiger partial charge is 0.507 e. The molecule has 1 aliphatic heterocycles. The maximum atomic E-state index is 13.1. The standard InChI is InChI=1S/C27H28N2O4/c1-17-5-7-18(8-6-17)24-23(26(31)27(32)29(24)14-13-28(2)3)25(30)21-10-9-20-16-22(33-4)12-11-19(20)15-21/h5-12,15-16,24,30H,13-14H2,1-4H3/b25-23+. The minimum atomic E-state index is -0.661. The number of aliphatic hydroxyl groups excluding tert-OH is 1. The van der Waals surface area contributed by atoms with Gasteiger partial charge in [0.15, 0.2) is 0 Å². The summed E-state index contributed by atoms with van der Waals surface area (Å²) in [5.74, 6) is -0.671. The Morgan fingerprint density at radius 3 is 2.33 bits per heavy atom. The molecular formula is C27H28N2O4. The summed E-state index contributed by atoms with van der Waals surface area (Å²) < 4.78 is 5.28. The van der Waals surface area contributed by atoms with Gasteiger partial charge in [-0.25, -0.2) is 0 Å². The van der Waals surface area contributed by atoms with E-state index in [0.717, 1.165) is 27.6 Å². The first-order valence-electron chi connectivity index (χ1n) is 10.9. The molecule has 1 unspecified atom stereocenters. The molecule has 1 aliphatic rings. The van der Waals surface area contributed by atoms with Crippen molar-refractivity contribution in [3.05, 3.63) is 82.9 Å². The molecule has 3 aromatic rings. The van der Waals surface area contributed by atoms with Crippen LogP contribution in [0.4, 0.5) is 0 Å². The molecule has 0 bridgehead atoms. The molecule has 1 N–H and O–H groups in total.